The Morgan fingerprint density at radius 2 is 1.67 bits per heavy atom. The molecule has 0 heterocycles. The molecule has 0 aromatic heterocycles. The Morgan fingerprint density at radius 3 is 2.17 bits per heavy atom. The highest BCUT2D eigenvalue weighted by Crippen LogP contribution is 2.37. The van der Waals surface area contributed by atoms with Crippen molar-refractivity contribution in [2.24, 2.45) is 0 Å². The molecule has 0 atom stereocenters. The molecule has 0 bridgehead atoms. The number of alkyl halides is 5. The molecule has 0 aliphatic rings. The zero-order valence-electron chi connectivity index (χ0n) is 9.22. The highest BCUT2D eigenvalue weighted by molar-refractivity contribution is 5.62. The van der Waals surface area contributed by atoms with Gasteiger partial charge in [0.2, 0.25) is 0 Å². The van der Waals surface area contributed by atoms with E-state index in [0.717, 1.165) is 0 Å². The van der Waals surface area contributed by atoms with E-state index in [1.807, 2.05) is 0 Å². The normalized spacial score (nSPS) is 12.3. The van der Waals surface area contributed by atoms with Crippen LogP contribution in [0.25, 0.3) is 0 Å². The molecule has 0 spiro atoms. The minimum Gasteiger partial charge on any atom is -0.494 e. The van der Waals surface area contributed by atoms with E-state index in [1.165, 1.54) is 25.3 Å². The quantitative estimate of drug-likeness (QED) is 0.676. The first kappa shape index (κ1) is 14.3. The van der Waals surface area contributed by atoms with Crippen LogP contribution in [0.3, 0.4) is 0 Å². The summed E-state index contributed by atoms with van der Waals surface area (Å²) in [5, 5.41) is 0. The average molecular weight is 271 g/mol. The number of methoxy groups -OCH3 is 1. The number of para-hydroxylation sites is 1. The van der Waals surface area contributed by atoms with Gasteiger partial charge < -0.3 is 15.2 Å². The van der Waals surface area contributed by atoms with Crippen LogP contribution in [0.5, 0.6) is 11.5 Å². The lowest BCUT2D eigenvalue weighted by Gasteiger charge is -2.20. The van der Waals surface area contributed by atoms with E-state index < -0.39 is 18.7 Å². The van der Waals surface area contributed by atoms with Crippen molar-refractivity contribution in [3.05, 3.63) is 18.2 Å². The van der Waals surface area contributed by atoms with Gasteiger partial charge in [-0.05, 0) is 12.1 Å². The Hall–Kier alpha value is -1.73. The monoisotopic (exact) mass is 271 g/mol. The van der Waals surface area contributed by atoms with E-state index in [-0.39, 0.29) is 17.2 Å². The molecule has 0 unspecified atom stereocenters. The highest BCUT2D eigenvalue weighted by Gasteiger charge is 2.58. The first-order valence-corrected chi connectivity index (χ1v) is 4.69. The third-order valence-electron chi connectivity index (χ3n) is 2.07. The Labute approximate surface area is 99.3 Å². The summed E-state index contributed by atoms with van der Waals surface area (Å²) in [5.41, 5.74) is 5.32. The largest absolute Gasteiger partial charge is 0.494 e. The lowest BCUT2D eigenvalue weighted by atomic mass is 10.2. The van der Waals surface area contributed by atoms with Crippen molar-refractivity contribution in [2.75, 3.05) is 19.5 Å². The molecule has 1 aromatic carbocycles. The van der Waals surface area contributed by atoms with Crippen molar-refractivity contribution < 1.29 is 31.4 Å². The zero-order valence-corrected chi connectivity index (χ0v) is 9.22. The maximum atomic E-state index is 12.6. The number of anilines is 1. The van der Waals surface area contributed by atoms with Gasteiger partial charge in [-0.25, -0.2) is 0 Å². The summed E-state index contributed by atoms with van der Waals surface area (Å²) < 4.78 is 70.1. The smallest absolute Gasteiger partial charge is 0.456 e. The van der Waals surface area contributed by atoms with Crippen LogP contribution < -0.4 is 15.2 Å². The standard InChI is InChI=1S/C10H10F5NO2/c1-17-6-3-2-4-7(8(6)16)18-5-9(11,12)10(13,14)15/h2-4H,5,16H2,1H3. The number of hydrogen-bond donors (Lipinski definition) is 1. The zero-order chi connectivity index (χ0) is 14.0. The summed E-state index contributed by atoms with van der Waals surface area (Å²) in [6.45, 7) is -1.84. The maximum absolute atomic E-state index is 12.6. The number of hydrogen-bond acceptors (Lipinski definition) is 3. The van der Waals surface area contributed by atoms with Gasteiger partial charge in [0, 0.05) is 0 Å². The van der Waals surface area contributed by atoms with Crippen molar-refractivity contribution in [3.63, 3.8) is 0 Å². The molecule has 0 saturated carbocycles. The highest BCUT2D eigenvalue weighted by atomic mass is 19.4. The van der Waals surface area contributed by atoms with Crippen LogP contribution in [0, 0.1) is 0 Å². The Bertz CT molecular complexity index is 419. The number of nitrogens with two attached hydrogens (primary N) is 1. The van der Waals surface area contributed by atoms with E-state index in [4.69, 9.17) is 10.5 Å². The van der Waals surface area contributed by atoms with Gasteiger partial charge >= 0.3 is 12.1 Å². The van der Waals surface area contributed by atoms with Crippen molar-refractivity contribution in [2.45, 2.75) is 12.1 Å². The second-order valence-corrected chi connectivity index (χ2v) is 3.36. The number of benzene rings is 1. The van der Waals surface area contributed by atoms with Crippen molar-refractivity contribution in [1.82, 2.24) is 0 Å². The molecule has 8 heteroatoms. The Balaban J connectivity index is 2.82. The molecule has 0 aliphatic carbocycles. The van der Waals surface area contributed by atoms with Crippen LogP contribution in [0.1, 0.15) is 0 Å². The minimum absolute atomic E-state index is 0.128. The van der Waals surface area contributed by atoms with Crippen LogP contribution in [0.15, 0.2) is 18.2 Å². The third-order valence-corrected chi connectivity index (χ3v) is 2.07. The van der Waals surface area contributed by atoms with Crippen LogP contribution in [-0.2, 0) is 0 Å². The first-order chi connectivity index (χ1) is 8.19. The van der Waals surface area contributed by atoms with Crippen molar-refractivity contribution in [1.29, 1.82) is 0 Å². The summed E-state index contributed by atoms with van der Waals surface area (Å²) in [4.78, 5) is 0. The molecule has 1 aromatic rings. The molecule has 2 N–H and O–H groups in total. The van der Waals surface area contributed by atoms with E-state index in [9.17, 15) is 22.0 Å². The lowest BCUT2D eigenvalue weighted by molar-refractivity contribution is -0.289. The summed E-state index contributed by atoms with van der Waals surface area (Å²) in [5.74, 6) is -5.11. The molecular weight excluding hydrogens is 261 g/mol. The molecule has 0 amide bonds. The predicted octanol–water partition coefficient (Wildman–Crippen LogP) is 2.85. The lowest BCUT2D eigenvalue weighted by Crippen LogP contribution is -2.41. The second kappa shape index (κ2) is 4.87. The second-order valence-electron chi connectivity index (χ2n) is 3.36. The molecular formula is C10H10F5NO2. The molecule has 0 fully saturated rings. The van der Waals surface area contributed by atoms with E-state index in [2.05, 4.69) is 4.74 Å². The number of rotatable bonds is 4. The molecule has 0 radical (unpaired) electrons. The van der Waals surface area contributed by atoms with Crippen LogP contribution in [0.2, 0.25) is 0 Å². The van der Waals surface area contributed by atoms with Crippen molar-refractivity contribution >= 4 is 5.69 Å². The number of halogens is 5. The van der Waals surface area contributed by atoms with Gasteiger partial charge in [0.15, 0.2) is 6.61 Å². The summed E-state index contributed by atoms with van der Waals surface area (Å²) in [6.07, 6.45) is -5.67. The van der Waals surface area contributed by atoms with Gasteiger partial charge in [-0.1, -0.05) is 6.07 Å². The topological polar surface area (TPSA) is 44.5 Å². The Morgan fingerprint density at radius 1 is 1.11 bits per heavy atom. The molecule has 0 saturated heterocycles. The van der Waals surface area contributed by atoms with Crippen molar-refractivity contribution in [3.8, 4) is 11.5 Å². The SMILES string of the molecule is COc1cccc(OCC(F)(F)C(F)(F)F)c1N. The van der Waals surface area contributed by atoms with Gasteiger partial charge in [0.25, 0.3) is 0 Å². The maximum Gasteiger partial charge on any atom is 0.456 e. The first-order valence-electron chi connectivity index (χ1n) is 4.69. The summed E-state index contributed by atoms with van der Waals surface area (Å²) in [7, 11) is 1.28. The predicted molar refractivity (Wildman–Crippen MR) is 53.9 cm³/mol. The molecule has 1 rings (SSSR count). The fourth-order valence-electron chi connectivity index (χ4n) is 1.08. The van der Waals surface area contributed by atoms with Crippen LogP contribution in [-0.4, -0.2) is 25.8 Å². The average Bonchev–Trinajstić information content (AvgIpc) is 2.26. The molecule has 18 heavy (non-hydrogen) atoms. The molecule has 102 valence electrons. The van der Waals surface area contributed by atoms with Gasteiger partial charge in [0.05, 0.1) is 7.11 Å². The number of nitrogen functional groups attached to an aromatic ring is 1. The van der Waals surface area contributed by atoms with Gasteiger partial charge in [-0.2, -0.15) is 22.0 Å². The van der Waals surface area contributed by atoms with Gasteiger partial charge in [-0.15, -0.1) is 0 Å². The summed E-state index contributed by atoms with van der Waals surface area (Å²) >= 11 is 0. The van der Waals surface area contributed by atoms with E-state index >= 15 is 0 Å². The number of ether oxygens (including phenoxy) is 2. The Kier molecular flexibility index (Phi) is 3.88. The molecule has 0 aliphatic heterocycles. The van der Waals surface area contributed by atoms with Gasteiger partial charge in [-0.3, -0.25) is 0 Å². The minimum atomic E-state index is -5.67. The van der Waals surface area contributed by atoms with E-state index in [0.29, 0.717) is 0 Å². The fourth-order valence-corrected chi connectivity index (χ4v) is 1.08. The van der Waals surface area contributed by atoms with E-state index in [1.54, 1.807) is 0 Å². The fraction of sp³-hybridized carbons (Fsp3) is 0.400. The van der Waals surface area contributed by atoms with Crippen LogP contribution in [0.4, 0.5) is 27.6 Å². The molecule has 3 nitrogen and oxygen atoms in total. The summed E-state index contributed by atoms with van der Waals surface area (Å²) in [6, 6.07) is 3.95. The third kappa shape index (κ3) is 2.93. The van der Waals surface area contributed by atoms with Crippen LogP contribution >= 0.6 is 0 Å². The van der Waals surface area contributed by atoms with Gasteiger partial charge in [0.1, 0.15) is 17.2 Å².